The Morgan fingerprint density at radius 1 is 1.31 bits per heavy atom. The number of halogens is 4. The van der Waals surface area contributed by atoms with Crippen molar-refractivity contribution < 1.29 is 37.0 Å². The molecule has 2 aromatic rings. The minimum Gasteiger partial charge on any atom is -0.480 e. The summed E-state index contributed by atoms with van der Waals surface area (Å²) in [4.78, 5) is 34.3. The Morgan fingerprint density at radius 2 is 2.09 bits per heavy atom. The second kappa shape index (κ2) is 9.74. The van der Waals surface area contributed by atoms with Crippen LogP contribution in [0.25, 0.3) is 0 Å². The number of benzene rings is 1. The molecule has 2 aliphatic heterocycles. The predicted octanol–water partition coefficient (Wildman–Crippen LogP) is 3.12. The summed E-state index contributed by atoms with van der Waals surface area (Å²) in [5, 5.41) is 14.4. The number of nitrogens with one attached hydrogen (secondary N) is 1. The largest absolute Gasteiger partial charge is 0.480 e. The van der Waals surface area contributed by atoms with E-state index in [4.69, 9.17) is 4.74 Å². The molecule has 2 unspecified atom stereocenters. The first kappa shape index (κ1) is 24.8. The Kier molecular flexibility index (Phi) is 6.90. The molecule has 1 aromatic carbocycles. The number of carbonyl (C=O) groups excluding carboxylic acids is 1. The lowest BCUT2D eigenvalue weighted by atomic mass is 9.95. The highest BCUT2D eigenvalue weighted by Crippen LogP contribution is 2.37. The van der Waals surface area contributed by atoms with Gasteiger partial charge in [-0.3, -0.25) is 14.7 Å². The van der Waals surface area contributed by atoms with E-state index in [-0.39, 0.29) is 42.4 Å². The van der Waals surface area contributed by atoms with Gasteiger partial charge >= 0.3 is 11.9 Å². The quantitative estimate of drug-likeness (QED) is 0.434. The second-order valence-corrected chi connectivity index (χ2v) is 8.75. The van der Waals surface area contributed by atoms with E-state index in [1.165, 1.54) is 23.6 Å². The van der Waals surface area contributed by atoms with Gasteiger partial charge in [0, 0.05) is 36.8 Å². The van der Waals surface area contributed by atoms with E-state index in [0.29, 0.717) is 5.01 Å². The van der Waals surface area contributed by atoms with E-state index in [2.05, 4.69) is 15.3 Å². The summed E-state index contributed by atoms with van der Waals surface area (Å²) in [7, 11) is 0. The average molecular weight is 512 g/mol. The number of likely N-dealkylation sites (tertiary alicyclic amines) is 1. The molecule has 3 heterocycles. The van der Waals surface area contributed by atoms with Crippen LogP contribution >= 0.6 is 11.3 Å². The van der Waals surface area contributed by atoms with E-state index in [9.17, 15) is 32.3 Å². The number of hydrogen-bond donors (Lipinski definition) is 2. The number of esters is 1. The van der Waals surface area contributed by atoms with E-state index in [1.807, 2.05) is 0 Å². The first-order chi connectivity index (χ1) is 16.6. The minimum atomic E-state index is -3.48. The summed E-state index contributed by atoms with van der Waals surface area (Å²) in [6.07, 6.45) is 0.828. The highest BCUT2D eigenvalue weighted by molar-refractivity contribution is 7.11. The number of aliphatic imine (C=N–C) groups is 1. The van der Waals surface area contributed by atoms with Crippen molar-refractivity contribution in [1.29, 1.82) is 0 Å². The maximum atomic E-state index is 14.3. The molecule has 13 heteroatoms. The number of hydrogen-bond acceptors (Lipinski definition) is 8. The number of nitrogens with zero attached hydrogens (tertiary/aromatic N) is 3. The van der Waals surface area contributed by atoms with Crippen molar-refractivity contribution in [3.63, 3.8) is 0 Å². The summed E-state index contributed by atoms with van der Waals surface area (Å²) in [5.74, 6) is -8.14. The number of aliphatic carboxylic acids is 1. The van der Waals surface area contributed by atoms with E-state index < -0.39 is 48.0 Å². The normalized spacial score (nSPS) is 22.0. The summed E-state index contributed by atoms with van der Waals surface area (Å²) < 4.78 is 61.5. The smallest absolute Gasteiger partial charge is 0.338 e. The monoisotopic (exact) mass is 512 g/mol. The summed E-state index contributed by atoms with van der Waals surface area (Å²) in [6.45, 7) is 0.908. The molecule has 0 saturated carbocycles. The van der Waals surface area contributed by atoms with Crippen molar-refractivity contribution in [3.8, 4) is 0 Å². The van der Waals surface area contributed by atoms with Crippen molar-refractivity contribution >= 4 is 29.1 Å². The molecule has 2 N–H and O–H groups in total. The van der Waals surface area contributed by atoms with Crippen LogP contribution in [0.2, 0.25) is 0 Å². The van der Waals surface area contributed by atoms with Crippen LogP contribution in [0.15, 0.2) is 46.0 Å². The molecule has 2 atom stereocenters. The summed E-state index contributed by atoms with van der Waals surface area (Å²) >= 11 is 1.20. The van der Waals surface area contributed by atoms with Crippen molar-refractivity contribution in [1.82, 2.24) is 15.2 Å². The van der Waals surface area contributed by atoms with E-state index >= 15 is 0 Å². The molecule has 8 nitrogen and oxygen atoms in total. The van der Waals surface area contributed by atoms with Gasteiger partial charge in [0.1, 0.15) is 6.04 Å². The molecule has 0 radical (unpaired) electrons. The van der Waals surface area contributed by atoms with Crippen molar-refractivity contribution in [2.75, 3.05) is 19.7 Å². The topological polar surface area (TPSA) is 104 Å². The van der Waals surface area contributed by atoms with Crippen LogP contribution in [0, 0.1) is 11.6 Å². The minimum absolute atomic E-state index is 0.0251. The molecule has 0 amide bonds. The molecular weight excluding hydrogens is 492 g/mol. The number of alkyl halides is 2. The van der Waals surface area contributed by atoms with Crippen LogP contribution in [0.1, 0.15) is 30.0 Å². The zero-order valence-corrected chi connectivity index (χ0v) is 19.1. The van der Waals surface area contributed by atoms with Gasteiger partial charge in [0.05, 0.1) is 12.2 Å². The van der Waals surface area contributed by atoms with Crippen LogP contribution in [0.5, 0.6) is 0 Å². The Morgan fingerprint density at radius 3 is 2.71 bits per heavy atom. The third-order valence-corrected chi connectivity index (χ3v) is 6.39. The van der Waals surface area contributed by atoms with Gasteiger partial charge in [-0.2, -0.15) is 0 Å². The van der Waals surface area contributed by atoms with Crippen LogP contribution in [0.4, 0.5) is 17.6 Å². The first-order valence-electron chi connectivity index (χ1n) is 10.6. The molecule has 1 fully saturated rings. The number of amidine groups is 1. The van der Waals surface area contributed by atoms with E-state index in [0.717, 1.165) is 17.0 Å². The molecule has 1 aromatic heterocycles. The molecule has 0 spiro atoms. The van der Waals surface area contributed by atoms with Gasteiger partial charge in [-0.05, 0) is 24.6 Å². The summed E-state index contributed by atoms with van der Waals surface area (Å²) in [5.41, 5.74) is 0.0430. The molecule has 0 bridgehead atoms. The number of carbonyl (C=O) groups is 2. The van der Waals surface area contributed by atoms with Gasteiger partial charge in [-0.15, -0.1) is 11.3 Å². The highest BCUT2D eigenvalue weighted by atomic mass is 32.1. The van der Waals surface area contributed by atoms with Crippen LogP contribution in [-0.4, -0.2) is 64.4 Å². The van der Waals surface area contributed by atoms with Crippen LogP contribution in [0.3, 0.4) is 0 Å². The number of carboxylic acid groups (broad SMARTS) is 1. The predicted molar refractivity (Wildman–Crippen MR) is 117 cm³/mol. The van der Waals surface area contributed by atoms with Gasteiger partial charge < -0.3 is 15.2 Å². The van der Waals surface area contributed by atoms with Gasteiger partial charge in [-0.1, -0.05) is 6.07 Å². The maximum absolute atomic E-state index is 14.3. The highest BCUT2D eigenvalue weighted by Gasteiger charge is 2.53. The third kappa shape index (κ3) is 4.91. The molecule has 1 saturated heterocycles. The zero-order valence-electron chi connectivity index (χ0n) is 18.3. The number of carboxylic acids is 1. The maximum Gasteiger partial charge on any atom is 0.338 e. The van der Waals surface area contributed by atoms with Gasteiger partial charge in [0.15, 0.2) is 28.5 Å². The SMILES string of the molecule is CCOC(=O)C1=C(CN2CCC(F)(F)C2C(=O)O)NC(c2nccs2)=NC1c1ccc(F)c(F)c1. The number of ether oxygens (including phenoxy) is 1. The van der Waals surface area contributed by atoms with Crippen LogP contribution < -0.4 is 5.32 Å². The number of thiazole rings is 1. The average Bonchev–Trinajstić information content (AvgIpc) is 3.43. The Labute approximate surface area is 200 Å². The summed E-state index contributed by atoms with van der Waals surface area (Å²) in [6, 6.07) is -0.280. The fraction of sp³-hybridized carbons (Fsp3) is 0.364. The Balaban J connectivity index is 1.84. The molecular formula is C22H20F4N4O4S. The molecule has 2 aliphatic rings. The lowest BCUT2D eigenvalue weighted by Gasteiger charge is -2.31. The molecule has 35 heavy (non-hydrogen) atoms. The fourth-order valence-electron chi connectivity index (χ4n) is 4.08. The van der Waals surface area contributed by atoms with Crippen molar-refractivity contribution in [3.05, 3.63) is 63.3 Å². The number of aromatic nitrogens is 1. The number of rotatable bonds is 7. The standard InChI is InChI=1S/C22H20F4N4O4S/c1-2-34-21(33)15-14(10-30-7-5-22(25,26)17(30)20(31)32)28-18(19-27-6-8-35-19)29-16(15)11-3-4-12(23)13(24)9-11/h3-4,6,8-9,16-17H,2,5,7,10H2,1H3,(H,28,29)(H,31,32). The Hall–Kier alpha value is -3.32. The fourth-order valence-corrected chi connectivity index (χ4v) is 4.67. The first-order valence-corrected chi connectivity index (χ1v) is 11.4. The lowest BCUT2D eigenvalue weighted by molar-refractivity contribution is -0.152. The van der Waals surface area contributed by atoms with E-state index in [1.54, 1.807) is 12.3 Å². The molecule has 186 valence electrons. The van der Waals surface area contributed by atoms with Crippen molar-refractivity contribution in [2.45, 2.75) is 31.4 Å². The third-order valence-electron chi connectivity index (χ3n) is 5.61. The van der Waals surface area contributed by atoms with Crippen molar-refractivity contribution in [2.24, 2.45) is 4.99 Å². The zero-order chi connectivity index (χ0) is 25.3. The molecule has 0 aliphatic carbocycles. The lowest BCUT2D eigenvalue weighted by Crippen LogP contribution is -2.48. The second-order valence-electron chi connectivity index (χ2n) is 7.85. The van der Waals surface area contributed by atoms with Gasteiger partial charge in [0.2, 0.25) is 0 Å². The van der Waals surface area contributed by atoms with Gasteiger partial charge in [0.25, 0.3) is 5.92 Å². The Bertz CT molecular complexity index is 1200. The molecule has 4 rings (SSSR count). The van der Waals surface area contributed by atoms with Crippen LogP contribution in [-0.2, 0) is 14.3 Å². The van der Waals surface area contributed by atoms with Gasteiger partial charge in [-0.25, -0.2) is 27.3 Å².